The van der Waals surface area contributed by atoms with E-state index in [0.29, 0.717) is 6.42 Å². The number of carbonyl (C=O) groups excluding carboxylic acids is 1. The van der Waals surface area contributed by atoms with Crippen LogP contribution in [0.2, 0.25) is 0 Å². The minimum atomic E-state index is 0.182. The Bertz CT molecular complexity index is 394. The maximum atomic E-state index is 12.0. The van der Waals surface area contributed by atoms with Gasteiger partial charge in [-0.15, -0.1) is 0 Å². The molecule has 0 unspecified atom stereocenters. The molecule has 94 valence electrons. The van der Waals surface area contributed by atoms with Gasteiger partial charge in [-0.1, -0.05) is 0 Å². The van der Waals surface area contributed by atoms with E-state index in [-0.39, 0.29) is 5.78 Å². The molecule has 0 aromatic carbocycles. The Morgan fingerprint density at radius 2 is 2.18 bits per heavy atom. The van der Waals surface area contributed by atoms with Gasteiger partial charge >= 0.3 is 0 Å². The molecule has 0 saturated carbocycles. The largest absolute Gasteiger partial charge is 0.379 e. The smallest absolute Gasteiger partial charge is 0.167 e. The Morgan fingerprint density at radius 3 is 2.76 bits per heavy atom. The van der Waals surface area contributed by atoms with Crippen LogP contribution in [0.3, 0.4) is 0 Å². The fourth-order valence-corrected chi connectivity index (χ4v) is 2.09. The van der Waals surface area contributed by atoms with Gasteiger partial charge in [0.25, 0.3) is 0 Å². The van der Waals surface area contributed by atoms with Gasteiger partial charge in [0, 0.05) is 39.3 Å². The first-order valence-electron chi connectivity index (χ1n) is 6.00. The van der Waals surface area contributed by atoms with Crippen LogP contribution in [0.15, 0.2) is 6.20 Å². The number of nitrogens with zero attached hydrogens (tertiary/aromatic N) is 3. The van der Waals surface area contributed by atoms with Crippen molar-refractivity contribution in [2.45, 2.75) is 13.3 Å². The second-order valence-corrected chi connectivity index (χ2v) is 4.43. The molecule has 1 aliphatic rings. The first-order chi connectivity index (χ1) is 8.16. The van der Waals surface area contributed by atoms with Gasteiger partial charge in [0.05, 0.1) is 24.5 Å². The van der Waals surface area contributed by atoms with Crippen LogP contribution < -0.4 is 0 Å². The number of ether oxygens (including phenoxy) is 1. The zero-order valence-electron chi connectivity index (χ0n) is 10.5. The standard InChI is InChI=1S/C12H19N3O2/c1-10-11(9-14(2)13-10)12(16)3-4-15-5-7-17-8-6-15/h9H,3-8H2,1-2H3. The summed E-state index contributed by atoms with van der Waals surface area (Å²) >= 11 is 0. The Kier molecular flexibility index (Phi) is 3.91. The van der Waals surface area contributed by atoms with Crippen LogP contribution in [-0.4, -0.2) is 53.3 Å². The molecule has 5 nitrogen and oxygen atoms in total. The highest BCUT2D eigenvalue weighted by molar-refractivity contribution is 5.96. The van der Waals surface area contributed by atoms with E-state index in [1.165, 1.54) is 0 Å². The monoisotopic (exact) mass is 237 g/mol. The molecule has 0 spiro atoms. The fraction of sp³-hybridized carbons (Fsp3) is 0.667. The van der Waals surface area contributed by atoms with E-state index in [4.69, 9.17) is 4.74 Å². The van der Waals surface area contributed by atoms with E-state index in [9.17, 15) is 4.79 Å². The van der Waals surface area contributed by atoms with Crippen molar-refractivity contribution < 1.29 is 9.53 Å². The number of morpholine rings is 1. The average Bonchev–Trinajstić information content (AvgIpc) is 2.67. The molecule has 17 heavy (non-hydrogen) atoms. The van der Waals surface area contributed by atoms with E-state index in [1.807, 2.05) is 14.0 Å². The van der Waals surface area contributed by atoms with E-state index >= 15 is 0 Å². The molecule has 1 aliphatic heterocycles. The zero-order chi connectivity index (χ0) is 12.3. The molecule has 0 atom stereocenters. The number of aryl methyl sites for hydroxylation is 2. The number of ketones is 1. The normalized spacial score (nSPS) is 17.3. The van der Waals surface area contributed by atoms with Gasteiger partial charge in [0.15, 0.2) is 5.78 Å². The fourth-order valence-electron chi connectivity index (χ4n) is 2.09. The van der Waals surface area contributed by atoms with Crippen LogP contribution in [0.25, 0.3) is 0 Å². The molecular weight excluding hydrogens is 218 g/mol. The molecular formula is C12H19N3O2. The van der Waals surface area contributed by atoms with Gasteiger partial charge in [-0.25, -0.2) is 0 Å². The van der Waals surface area contributed by atoms with Gasteiger partial charge in [0.1, 0.15) is 0 Å². The second kappa shape index (κ2) is 5.42. The second-order valence-electron chi connectivity index (χ2n) is 4.43. The number of Topliss-reactive ketones (excluding diaryl/α,β-unsaturated/α-hetero) is 1. The first kappa shape index (κ1) is 12.3. The third-order valence-corrected chi connectivity index (χ3v) is 3.07. The maximum absolute atomic E-state index is 12.0. The van der Waals surface area contributed by atoms with Crippen molar-refractivity contribution in [1.29, 1.82) is 0 Å². The van der Waals surface area contributed by atoms with Crippen molar-refractivity contribution in [3.05, 3.63) is 17.5 Å². The molecule has 0 N–H and O–H groups in total. The molecule has 1 aromatic rings. The van der Waals surface area contributed by atoms with Crippen molar-refractivity contribution in [2.75, 3.05) is 32.8 Å². The lowest BCUT2D eigenvalue weighted by atomic mass is 10.1. The lowest BCUT2D eigenvalue weighted by molar-refractivity contribution is 0.0370. The molecule has 0 bridgehead atoms. The summed E-state index contributed by atoms with van der Waals surface area (Å²) in [7, 11) is 1.84. The maximum Gasteiger partial charge on any atom is 0.167 e. The summed E-state index contributed by atoms with van der Waals surface area (Å²) < 4.78 is 6.97. The minimum Gasteiger partial charge on any atom is -0.379 e. The number of hydrogen-bond donors (Lipinski definition) is 0. The number of rotatable bonds is 4. The molecule has 2 heterocycles. The van der Waals surface area contributed by atoms with E-state index < -0.39 is 0 Å². The Balaban J connectivity index is 1.86. The zero-order valence-corrected chi connectivity index (χ0v) is 10.5. The Labute approximate surface area is 101 Å². The Hall–Kier alpha value is -1.20. The summed E-state index contributed by atoms with van der Waals surface area (Å²) in [5.74, 6) is 0.182. The summed E-state index contributed by atoms with van der Waals surface area (Å²) in [6.07, 6.45) is 2.36. The summed E-state index contributed by atoms with van der Waals surface area (Å²) in [5.41, 5.74) is 1.57. The van der Waals surface area contributed by atoms with Gasteiger partial charge in [-0.2, -0.15) is 5.10 Å². The van der Waals surface area contributed by atoms with Crippen LogP contribution in [0.4, 0.5) is 0 Å². The highest BCUT2D eigenvalue weighted by Gasteiger charge is 2.15. The first-order valence-corrected chi connectivity index (χ1v) is 6.00. The van der Waals surface area contributed by atoms with E-state index in [2.05, 4.69) is 10.00 Å². The van der Waals surface area contributed by atoms with Gasteiger partial charge in [0.2, 0.25) is 0 Å². The van der Waals surface area contributed by atoms with Crippen molar-refractivity contribution in [3.63, 3.8) is 0 Å². The molecule has 2 rings (SSSR count). The van der Waals surface area contributed by atoms with Gasteiger partial charge in [-0.05, 0) is 6.92 Å². The SMILES string of the molecule is Cc1nn(C)cc1C(=O)CCN1CCOCC1. The predicted octanol–water partition coefficient (Wildman–Crippen LogP) is 0.634. The number of carbonyl (C=O) groups is 1. The van der Waals surface area contributed by atoms with Crippen molar-refractivity contribution in [3.8, 4) is 0 Å². The van der Waals surface area contributed by atoms with Crippen LogP contribution in [0.5, 0.6) is 0 Å². The molecule has 0 aliphatic carbocycles. The summed E-state index contributed by atoms with van der Waals surface area (Å²) in [5, 5.41) is 4.19. The lowest BCUT2D eigenvalue weighted by Gasteiger charge is -2.26. The number of aromatic nitrogens is 2. The number of hydrogen-bond acceptors (Lipinski definition) is 4. The van der Waals surface area contributed by atoms with E-state index in [1.54, 1.807) is 10.9 Å². The predicted molar refractivity (Wildman–Crippen MR) is 64.2 cm³/mol. The van der Waals surface area contributed by atoms with Crippen LogP contribution in [0, 0.1) is 6.92 Å². The van der Waals surface area contributed by atoms with Crippen LogP contribution in [-0.2, 0) is 11.8 Å². The average molecular weight is 237 g/mol. The molecule has 0 amide bonds. The molecule has 1 saturated heterocycles. The Morgan fingerprint density at radius 1 is 1.47 bits per heavy atom. The summed E-state index contributed by atoms with van der Waals surface area (Å²) in [6.45, 7) is 6.11. The summed E-state index contributed by atoms with van der Waals surface area (Å²) in [4.78, 5) is 14.3. The van der Waals surface area contributed by atoms with Crippen molar-refractivity contribution in [2.24, 2.45) is 7.05 Å². The third kappa shape index (κ3) is 3.14. The minimum absolute atomic E-state index is 0.182. The van der Waals surface area contributed by atoms with Gasteiger partial charge < -0.3 is 4.74 Å². The highest BCUT2D eigenvalue weighted by Crippen LogP contribution is 2.09. The molecule has 5 heteroatoms. The molecule has 1 aromatic heterocycles. The molecule has 1 fully saturated rings. The third-order valence-electron chi connectivity index (χ3n) is 3.07. The van der Waals surface area contributed by atoms with Crippen molar-refractivity contribution in [1.82, 2.24) is 14.7 Å². The van der Waals surface area contributed by atoms with Crippen LogP contribution in [0.1, 0.15) is 22.5 Å². The van der Waals surface area contributed by atoms with E-state index in [0.717, 1.165) is 44.1 Å². The molecule has 0 radical (unpaired) electrons. The quantitative estimate of drug-likeness (QED) is 0.721. The topological polar surface area (TPSA) is 47.4 Å². The van der Waals surface area contributed by atoms with Gasteiger partial charge in [-0.3, -0.25) is 14.4 Å². The lowest BCUT2D eigenvalue weighted by Crippen LogP contribution is -2.37. The highest BCUT2D eigenvalue weighted by atomic mass is 16.5. The van der Waals surface area contributed by atoms with Crippen molar-refractivity contribution >= 4 is 5.78 Å². The summed E-state index contributed by atoms with van der Waals surface area (Å²) in [6, 6.07) is 0. The van der Waals surface area contributed by atoms with Crippen LogP contribution >= 0.6 is 0 Å².